The van der Waals surface area contributed by atoms with Crippen LogP contribution in [0.1, 0.15) is 37.6 Å². The molecule has 1 aliphatic heterocycles. The molecule has 0 saturated heterocycles. The summed E-state index contributed by atoms with van der Waals surface area (Å²) in [7, 11) is 0. The molecule has 0 amide bonds. The summed E-state index contributed by atoms with van der Waals surface area (Å²) >= 11 is 6.18. The number of nitrogens with one attached hydrogen (secondary N) is 1. The van der Waals surface area contributed by atoms with Crippen molar-refractivity contribution in [2.75, 3.05) is 11.4 Å². The lowest BCUT2D eigenvalue weighted by Gasteiger charge is -2.38. The molecule has 1 aliphatic rings. The minimum Gasteiger partial charge on any atom is -0.343 e. The van der Waals surface area contributed by atoms with E-state index < -0.39 is 35.6 Å². The molecule has 8 nitrogen and oxygen atoms in total. The van der Waals surface area contributed by atoms with Crippen LogP contribution in [0, 0.1) is 5.95 Å². The molecule has 0 aromatic carbocycles. The minimum absolute atomic E-state index is 0.0450. The molecule has 2 unspecified atom stereocenters. The SMILES string of the molecule is CC1c2nnc(C(F)(F)F)n2C(C)CN1c1nc(-c2ccnc(F)c2)[nH]c(=O)c1Cl. The number of hydrogen-bond donors (Lipinski definition) is 1. The van der Waals surface area contributed by atoms with Gasteiger partial charge in [0.2, 0.25) is 11.8 Å². The van der Waals surface area contributed by atoms with E-state index in [0.29, 0.717) is 0 Å². The van der Waals surface area contributed by atoms with E-state index >= 15 is 0 Å². The zero-order valence-corrected chi connectivity index (χ0v) is 16.3. The second-order valence-electron chi connectivity index (χ2n) is 6.85. The molecule has 158 valence electrons. The van der Waals surface area contributed by atoms with Gasteiger partial charge in [-0.05, 0) is 19.9 Å². The van der Waals surface area contributed by atoms with E-state index in [1.807, 2.05) is 0 Å². The molecule has 4 heterocycles. The number of rotatable bonds is 2. The van der Waals surface area contributed by atoms with Crippen LogP contribution in [0.4, 0.5) is 23.4 Å². The lowest BCUT2D eigenvalue weighted by molar-refractivity contribution is -0.148. The van der Waals surface area contributed by atoms with Crippen LogP contribution >= 0.6 is 11.6 Å². The van der Waals surface area contributed by atoms with Gasteiger partial charge in [-0.3, -0.25) is 4.79 Å². The Kier molecular flexibility index (Phi) is 4.76. The van der Waals surface area contributed by atoms with Crippen LogP contribution in [0.25, 0.3) is 11.4 Å². The molecular formula is C17H14ClF4N7O. The number of pyridine rings is 1. The molecule has 30 heavy (non-hydrogen) atoms. The number of alkyl halides is 3. The number of fused-ring (bicyclic) bond motifs is 1. The fraction of sp³-hybridized carbons (Fsp3) is 0.353. The van der Waals surface area contributed by atoms with Gasteiger partial charge in [-0.15, -0.1) is 10.2 Å². The maximum absolute atomic E-state index is 13.5. The van der Waals surface area contributed by atoms with E-state index in [4.69, 9.17) is 11.6 Å². The zero-order valence-electron chi connectivity index (χ0n) is 15.6. The fourth-order valence-corrected chi connectivity index (χ4v) is 3.67. The van der Waals surface area contributed by atoms with E-state index in [9.17, 15) is 22.4 Å². The monoisotopic (exact) mass is 443 g/mol. The lowest BCUT2D eigenvalue weighted by atomic mass is 10.1. The largest absolute Gasteiger partial charge is 0.451 e. The number of aromatic amines is 1. The van der Waals surface area contributed by atoms with E-state index in [-0.39, 0.29) is 34.6 Å². The standard InChI is InChI=1S/C17H14ClF4N7O/c1-7-6-28(8(2)13-26-27-16(29(7)13)17(20,21)22)14-11(18)15(30)25-12(24-14)9-3-4-23-10(19)5-9/h3-5,7-8H,6H2,1-2H3,(H,24,25,30). The van der Waals surface area contributed by atoms with Crippen molar-refractivity contribution >= 4 is 17.4 Å². The summed E-state index contributed by atoms with van der Waals surface area (Å²) in [5.41, 5.74) is -0.408. The molecule has 4 rings (SSSR count). The van der Waals surface area contributed by atoms with E-state index in [2.05, 4.69) is 25.1 Å². The quantitative estimate of drug-likeness (QED) is 0.482. The van der Waals surface area contributed by atoms with Gasteiger partial charge < -0.3 is 14.5 Å². The summed E-state index contributed by atoms with van der Waals surface area (Å²) in [5, 5.41) is 6.78. The molecule has 0 saturated carbocycles. The van der Waals surface area contributed by atoms with Crippen molar-refractivity contribution in [3.63, 3.8) is 0 Å². The predicted molar refractivity (Wildman–Crippen MR) is 98.6 cm³/mol. The Bertz CT molecular complexity index is 1180. The van der Waals surface area contributed by atoms with E-state index in [0.717, 1.165) is 10.6 Å². The molecular weight excluding hydrogens is 430 g/mol. The summed E-state index contributed by atoms with van der Waals surface area (Å²) in [6.45, 7) is 3.24. The summed E-state index contributed by atoms with van der Waals surface area (Å²) in [6, 6.07) is 1.15. The van der Waals surface area contributed by atoms with Gasteiger partial charge in [0, 0.05) is 24.4 Å². The van der Waals surface area contributed by atoms with Crippen LogP contribution in [-0.4, -0.2) is 36.3 Å². The third-order valence-corrected chi connectivity index (χ3v) is 5.18. The van der Waals surface area contributed by atoms with Gasteiger partial charge in [-0.25, -0.2) is 9.97 Å². The first-order chi connectivity index (χ1) is 14.1. The summed E-state index contributed by atoms with van der Waals surface area (Å²) in [6.07, 6.45) is -3.44. The number of aromatic nitrogens is 6. The topological polar surface area (TPSA) is 92.6 Å². The second kappa shape index (κ2) is 7.04. The minimum atomic E-state index is -4.65. The van der Waals surface area contributed by atoms with Crippen molar-refractivity contribution in [1.82, 2.24) is 29.7 Å². The first kappa shape index (κ1) is 20.3. The highest BCUT2D eigenvalue weighted by Gasteiger charge is 2.43. The molecule has 0 aliphatic carbocycles. The van der Waals surface area contributed by atoms with Gasteiger partial charge in [0.05, 0.1) is 12.1 Å². The van der Waals surface area contributed by atoms with Gasteiger partial charge in [-0.2, -0.15) is 17.6 Å². The zero-order chi connectivity index (χ0) is 21.8. The average Bonchev–Trinajstić information content (AvgIpc) is 3.13. The van der Waals surface area contributed by atoms with Crippen LogP contribution < -0.4 is 10.5 Å². The molecule has 3 aromatic heterocycles. The van der Waals surface area contributed by atoms with Crippen LogP contribution in [-0.2, 0) is 6.18 Å². The second-order valence-corrected chi connectivity index (χ2v) is 7.22. The molecule has 1 N–H and O–H groups in total. The van der Waals surface area contributed by atoms with Crippen LogP contribution in [0.5, 0.6) is 0 Å². The van der Waals surface area contributed by atoms with Gasteiger partial charge in [0.25, 0.3) is 5.56 Å². The average molecular weight is 444 g/mol. The smallest absolute Gasteiger partial charge is 0.343 e. The molecule has 0 radical (unpaired) electrons. The van der Waals surface area contributed by atoms with Gasteiger partial charge in [0.15, 0.2) is 11.6 Å². The van der Waals surface area contributed by atoms with Crippen molar-refractivity contribution in [2.24, 2.45) is 0 Å². The Morgan fingerprint density at radius 2 is 2.00 bits per heavy atom. The Morgan fingerprint density at radius 3 is 2.67 bits per heavy atom. The summed E-state index contributed by atoms with van der Waals surface area (Å²) in [5.74, 6) is -1.69. The normalized spacial score (nSPS) is 19.1. The Balaban J connectivity index is 1.82. The number of hydrogen-bond acceptors (Lipinski definition) is 6. The molecule has 0 spiro atoms. The molecule has 13 heteroatoms. The first-order valence-corrected chi connectivity index (χ1v) is 9.16. The third kappa shape index (κ3) is 3.30. The molecule has 3 aromatic rings. The number of anilines is 1. The predicted octanol–water partition coefficient (Wildman–Crippen LogP) is 3.38. The summed E-state index contributed by atoms with van der Waals surface area (Å²) in [4.78, 5) is 24.2. The fourth-order valence-electron chi connectivity index (χ4n) is 3.47. The number of H-pyrrole nitrogens is 1. The van der Waals surface area contributed by atoms with Crippen LogP contribution in [0.2, 0.25) is 5.02 Å². The van der Waals surface area contributed by atoms with Crippen molar-refractivity contribution in [2.45, 2.75) is 32.1 Å². The van der Waals surface area contributed by atoms with E-state index in [1.54, 1.807) is 18.7 Å². The van der Waals surface area contributed by atoms with Crippen molar-refractivity contribution in [3.05, 3.63) is 51.3 Å². The third-order valence-electron chi connectivity index (χ3n) is 4.84. The Morgan fingerprint density at radius 1 is 1.27 bits per heavy atom. The first-order valence-electron chi connectivity index (χ1n) is 8.78. The van der Waals surface area contributed by atoms with E-state index in [1.165, 1.54) is 12.3 Å². The van der Waals surface area contributed by atoms with Crippen molar-refractivity contribution < 1.29 is 17.6 Å². The summed E-state index contributed by atoms with van der Waals surface area (Å²) < 4.78 is 54.3. The lowest BCUT2D eigenvalue weighted by Crippen LogP contribution is -2.41. The highest BCUT2D eigenvalue weighted by atomic mass is 35.5. The molecule has 0 fully saturated rings. The van der Waals surface area contributed by atoms with Gasteiger partial charge >= 0.3 is 6.18 Å². The van der Waals surface area contributed by atoms with Crippen molar-refractivity contribution in [1.29, 1.82) is 0 Å². The highest BCUT2D eigenvalue weighted by molar-refractivity contribution is 6.32. The van der Waals surface area contributed by atoms with Gasteiger partial charge in [-0.1, -0.05) is 11.6 Å². The maximum Gasteiger partial charge on any atom is 0.451 e. The maximum atomic E-state index is 13.5. The Labute approximate surface area is 171 Å². The molecule has 0 bridgehead atoms. The van der Waals surface area contributed by atoms with Gasteiger partial charge in [0.1, 0.15) is 10.8 Å². The van der Waals surface area contributed by atoms with Crippen LogP contribution in [0.15, 0.2) is 23.1 Å². The number of halogens is 5. The van der Waals surface area contributed by atoms with Crippen molar-refractivity contribution in [3.8, 4) is 11.4 Å². The number of nitrogens with zero attached hydrogens (tertiary/aromatic N) is 6. The Hall–Kier alpha value is -3.02. The molecule has 2 atom stereocenters. The van der Waals surface area contributed by atoms with Crippen LogP contribution in [0.3, 0.4) is 0 Å². The highest BCUT2D eigenvalue weighted by Crippen LogP contribution is 2.39.